The van der Waals surface area contributed by atoms with Crippen LogP contribution in [0.25, 0.3) is 0 Å². The Bertz CT molecular complexity index is 657. The van der Waals surface area contributed by atoms with E-state index in [0.29, 0.717) is 0 Å². The third-order valence-electron chi connectivity index (χ3n) is 5.24. The van der Waals surface area contributed by atoms with Gasteiger partial charge in [-0.1, -0.05) is 49.2 Å². The van der Waals surface area contributed by atoms with Gasteiger partial charge in [0.05, 0.1) is 0 Å². The van der Waals surface area contributed by atoms with Crippen LogP contribution in [0.2, 0.25) is 0 Å². The summed E-state index contributed by atoms with van der Waals surface area (Å²) < 4.78 is 11.7. The molecule has 4 rings (SSSR count). The number of hydrogen-bond donors (Lipinski definition) is 0. The third-order valence-corrected chi connectivity index (χ3v) is 5.24. The Kier molecular flexibility index (Phi) is 5.72. The summed E-state index contributed by atoms with van der Waals surface area (Å²) in [7, 11) is 0. The first-order chi connectivity index (χ1) is 12.9. The Morgan fingerprint density at radius 1 is 0.615 bits per heavy atom. The van der Waals surface area contributed by atoms with Gasteiger partial charge in [0.2, 0.25) is 0 Å². The maximum Gasteiger partial charge on any atom is 0.142 e. The standard InChI is InChI=1S/C22H28N2O2/c1(7-13-23-15-19-9-3-5-11-21(19)25-17-23)2-8-14-24-16-20-10-4-6-12-22(20)26-18-24/h3-6,9-12H,1-2,7-8,13-18H2. The van der Waals surface area contributed by atoms with Crippen LogP contribution in [0.4, 0.5) is 0 Å². The highest BCUT2D eigenvalue weighted by atomic mass is 16.5. The lowest BCUT2D eigenvalue weighted by atomic mass is 10.1. The number of fused-ring (bicyclic) bond motifs is 2. The SMILES string of the molecule is c1ccc2c(c1)CN(CCCCCCN1COc3ccccc3C1)CO2. The van der Waals surface area contributed by atoms with E-state index in [2.05, 4.69) is 46.2 Å². The predicted molar refractivity (Wildman–Crippen MR) is 103 cm³/mol. The first-order valence-electron chi connectivity index (χ1n) is 9.74. The molecule has 0 atom stereocenters. The van der Waals surface area contributed by atoms with Gasteiger partial charge in [-0.2, -0.15) is 0 Å². The van der Waals surface area contributed by atoms with Gasteiger partial charge in [-0.25, -0.2) is 0 Å². The highest BCUT2D eigenvalue weighted by Gasteiger charge is 2.17. The second-order valence-electron chi connectivity index (χ2n) is 7.28. The van der Waals surface area contributed by atoms with Crippen molar-refractivity contribution < 1.29 is 9.47 Å². The molecule has 0 aromatic heterocycles. The molecule has 0 radical (unpaired) electrons. The first-order valence-corrected chi connectivity index (χ1v) is 9.74. The minimum atomic E-state index is 0.724. The van der Waals surface area contributed by atoms with Crippen molar-refractivity contribution in [2.45, 2.75) is 38.8 Å². The van der Waals surface area contributed by atoms with E-state index in [1.807, 2.05) is 12.1 Å². The molecule has 4 heteroatoms. The number of benzene rings is 2. The van der Waals surface area contributed by atoms with Crippen molar-refractivity contribution in [3.8, 4) is 11.5 Å². The molecule has 0 aliphatic carbocycles. The van der Waals surface area contributed by atoms with E-state index in [1.165, 1.54) is 36.8 Å². The van der Waals surface area contributed by atoms with Crippen LogP contribution in [0.1, 0.15) is 36.8 Å². The average molecular weight is 352 g/mol. The largest absolute Gasteiger partial charge is 0.478 e. The number of unbranched alkanes of at least 4 members (excludes halogenated alkanes) is 3. The molecule has 138 valence electrons. The summed E-state index contributed by atoms with van der Waals surface area (Å²) in [5.41, 5.74) is 2.62. The third kappa shape index (κ3) is 4.37. The number of hydrogen-bond acceptors (Lipinski definition) is 4. The van der Waals surface area contributed by atoms with Gasteiger partial charge in [0.25, 0.3) is 0 Å². The second-order valence-corrected chi connectivity index (χ2v) is 7.28. The average Bonchev–Trinajstić information content (AvgIpc) is 2.70. The van der Waals surface area contributed by atoms with E-state index < -0.39 is 0 Å². The Balaban J connectivity index is 1.10. The van der Waals surface area contributed by atoms with Crippen molar-refractivity contribution in [2.75, 3.05) is 26.6 Å². The molecule has 26 heavy (non-hydrogen) atoms. The smallest absolute Gasteiger partial charge is 0.142 e. The van der Waals surface area contributed by atoms with Gasteiger partial charge in [-0.05, 0) is 25.0 Å². The molecule has 0 saturated heterocycles. The Morgan fingerprint density at radius 2 is 1.08 bits per heavy atom. The Morgan fingerprint density at radius 3 is 1.58 bits per heavy atom. The maximum atomic E-state index is 5.83. The minimum absolute atomic E-state index is 0.724. The van der Waals surface area contributed by atoms with E-state index in [0.717, 1.165) is 51.1 Å². The van der Waals surface area contributed by atoms with Gasteiger partial charge in [-0.3, -0.25) is 9.80 Å². The van der Waals surface area contributed by atoms with Crippen molar-refractivity contribution in [3.63, 3.8) is 0 Å². The molecule has 2 heterocycles. The van der Waals surface area contributed by atoms with Crippen molar-refractivity contribution >= 4 is 0 Å². The van der Waals surface area contributed by atoms with Gasteiger partial charge >= 0.3 is 0 Å². The van der Waals surface area contributed by atoms with Crippen LogP contribution in [0, 0.1) is 0 Å². The number of nitrogens with zero attached hydrogens (tertiary/aromatic N) is 2. The van der Waals surface area contributed by atoms with Crippen LogP contribution < -0.4 is 9.47 Å². The van der Waals surface area contributed by atoms with E-state index in [9.17, 15) is 0 Å². The lowest BCUT2D eigenvalue weighted by Gasteiger charge is -2.29. The highest BCUT2D eigenvalue weighted by molar-refractivity contribution is 5.34. The molecule has 2 aromatic carbocycles. The van der Waals surface area contributed by atoms with Crippen molar-refractivity contribution in [2.24, 2.45) is 0 Å². The van der Waals surface area contributed by atoms with Gasteiger partial charge in [0.1, 0.15) is 25.0 Å². The first kappa shape index (κ1) is 17.4. The molecule has 0 saturated carbocycles. The van der Waals surface area contributed by atoms with E-state index in [1.54, 1.807) is 0 Å². The number of ether oxygens (including phenoxy) is 2. The predicted octanol–water partition coefficient (Wildman–Crippen LogP) is 4.25. The van der Waals surface area contributed by atoms with E-state index in [4.69, 9.17) is 9.47 Å². The number of para-hydroxylation sites is 2. The Hall–Kier alpha value is -2.04. The summed E-state index contributed by atoms with van der Waals surface area (Å²) >= 11 is 0. The molecule has 0 spiro atoms. The quantitative estimate of drug-likeness (QED) is 0.696. The van der Waals surface area contributed by atoms with Crippen molar-refractivity contribution in [1.29, 1.82) is 0 Å². The van der Waals surface area contributed by atoms with Gasteiger partial charge in [0.15, 0.2) is 0 Å². The van der Waals surface area contributed by atoms with Crippen LogP contribution in [0.5, 0.6) is 11.5 Å². The molecule has 0 amide bonds. The molecular formula is C22H28N2O2. The molecule has 2 aliphatic heterocycles. The van der Waals surface area contributed by atoms with Crippen LogP contribution >= 0.6 is 0 Å². The van der Waals surface area contributed by atoms with Crippen LogP contribution in [0.3, 0.4) is 0 Å². The lowest BCUT2D eigenvalue weighted by Crippen LogP contribution is -2.33. The van der Waals surface area contributed by atoms with Crippen molar-refractivity contribution in [1.82, 2.24) is 9.80 Å². The molecule has 0 N–H and O–H groups in total. The molecule has 0 bridgehead atoms. The molecule has 0 unspecified atom stereocenters. The summed E-state index contributed by atoms with van der Waals surface area (Å²) in [5, 5.41) is 0. The van der Waals surface area contributed by atoms with Crippen LogP contribution in [-0.2, 0) is 13.1 Å². The fraction of sp³-hybridized carbons (Fsp3) is 0.455. The molecule has 2 aromatic rings. The zero-order valence-corrected chi connectivity index (χ0v) is 15.4. The molecule has 0 fully saturated rings. The second kappa shape index (κ2) is 8.56. The topological polar surface area (TPSA) is 24.9 Å². The fourth-order valence-electron chi connectivity index (χ4n) is 3.76. The summed E-state index contributed by atoms with van der Waals surface area (Å²) in [6, 6.07) is 16.7. The lowest BCUT2D eigenvalue weighted by molar-refractivity contribution is 0.0898. The number of rotatable bonds is 7. The summed E-state index contributed by atoms with van der Waals surface area (Å²) in [4.78, 5) is 4.80. The maximum absolute atomic E-state index is 5.83. The van der Waals surface area contributed by atoms with E-state index >= 15 is 0 Å². The minimum Gasteiger partial charge on any atom is -0.478 e. The zero-order chi connectivity index (χ0) is 17.6. The Labute approximate surface area is 156 Å². The zero-order valence-electron chi connectivity index (χ0n) is 15.4. The monoisotopic (exact) mass is 352 g/mol. The van der Waals surface area contributed by atoms with Gasteiger partial charge in [0, 0.05) is 37.3 Å². The van der Waals surface area contributed by atoms with Crippen molar-refractivity contribution in [3.05, 3.63) is 59.7 Å². The molecule has 4 nitrogen and oxygen atoms in total. The molecular weight excluding hydrogens is 324 g/mol. The van der Waals surface area contributed by atoms with Gasteiger partial charge in [-0.15, -0.1) is 0 Å². The summed E-state index contributed by atoms with van der Waals surface area (Å²) in [6.07, 6.45) is 5.04. The summed E-state index contributed by atoms with van der Waals surface area (Å²) in [6.45, 7) is 5.72. The van der Waals surface area contributed by atoms with E-state index in [-0.39, 0.29) is 0 Å². The normalized spacial score (nSPS) is 17.1. The van der Waals surface area contributed by atoms with Crippen LogP contribution in [0.15, 0.2) is 48.5 Å². The summed E-state index contributed by atoms with van der Waals surface area (Å²) in [5.74, 6) is 2.10. The molecule has 2 aliphatic rings. The highest BCUT2D eigenvalue weighted by Crippen LogP contribution is 2.25. The fourth-order valence-corrected chi connectivity index (χ4v) is 3.76. The van der Waals surface area contributed by atoms with Crippen LogP contribution in [-0.4, -0.2) is 36.4 Å². The van der Waals surface area contributed by atoms with Gasteiger partial charge < -0.3 is 9.47 Å².